The highest BCUT2D eigenvalue weighted by Crippen LogP contribution is 2.21. The first-order chi connectivity index (χ1) is 9.12. The molecule has 0 unspecified atom stereocenters. The highest BCUT2D eigenvalue weighted by Gasteiger charge is 2.18. The van der Waals surface area contributed by atoms with Crippen molar-refractivity contribution < 1.29 is 14.4 Å². The van der Waals surface area contributed by atoms with Gasteiger partial charge in [-0.3, -0.25) is 9.63 Å². The Balaban J connectivity index is 2.62. The zero-order valence-electron chi connectivity index (χ0n) is 11.5. The van der Waals surface area contributed by atoms with Crippen molar-refractivity contribution in [2.75, 3.05) is 21.3 Å². The number of hydrogen-bond acceptors (Lipinski definition) is 4. The van der Waals surface area contributed by atoms with Gasteiger partial charge in [0.05, 0.1) is 31.0 Å². The van der Waals surface area contributed by atoms with Crippen LogP contribution < -0.4 is 4.74 Å². The molecule has 2 rings (SSSR count). The number of carbonyl (C=O) groups excluding carboxylic acids is 1. The largest absolute Gasteiger partial charge is 0.481 e. The smallest absolute Gasteiger partial charge is 0.279 e. The van der Waals surface area contributed by atoms with Gasteiger partial charge in [-0.2, -0.15) is 5.10 Å². The second-order valence-electron chi connectivity index (χ2n) is 4.06. The Kier molecular flexibility index (Phi) is 3.71. The maximum Gasteiger partial charge on any atom is 0.279 e. The van der Waals surface area contributed by atoms with E-state index in [1.807, 2.05) is 13.0 Å². The van der Waals surface area contributed by atoms with Crippen LogP contribution in [0, 0.1) is 0 Å². The summed E-state index contributed by atoms with van der Waals surface area (Å²) in [5, 5.41) is 5.59. The number of hydrogen-bond donors (Lipinski definition) is 0. The van der Waals surface area contributed by atoms with E-state index >= 15 is 0 Å². The maximum absolute atomic E-state index is 12.2. The average molecular weight is 263 g/mol. The van der Waals surface area contributed by atoms with Crippen molar-refractivity contribution in [3.63, 3.8) is 0 Å². The van der Waals surface area contributed by atoms with Gasteiger partial charge in [-0.05, 0) is 18.6 Å². The summed E-state index contributed by atoms with van der Waals surface area (Å²) < 4.78 is 6.89. The number of carbonyl (C=O) groups is 1. The molecule has 2 heterocycles. The zero-order valence-corrected chi connectivity index (χ0v) is 11.5. The first-order valence-corrected chi connectivity index (χ1v) is 6.00. The van der Waals surface area contributed by atoms with Crippen LogP contribution in [0.3, 0.4) is 0 Å². The van der Waals surface area contributed by atoms with Crippen LogP contribution in [-0.2, 0) is 11.3 Å². The lowest BCUT2D eigenvalue weighted by molar-refractivity contribution is -0.0756. The standard InChI is InChI=1S/C13H17N3O3/c1-5-9-8-11-10(13(17)15(2)19-4)6-7-12(18-3)16(11)14-9/h6-8H,5H2,1-4H3. The van der Waals surface area contributed by atoms with Crippen LogP contribution in [0.25, 0.3) is 5.52 Å². The number of hydroxylamine groups is 2. The number of aryl methyl sites for hydroxylation is 1. The molecular weight excluding hydrogens is 246 g/mol. The fourth-order valence-electron chi connectivity index (χ4n) is 1.86. The van der Waals surface area contributed by atoms with Crippen molar-refractivity contribution in [2.45, 2.75) is 13.3 Å². The van der Waals surface area contributed by atoms with Gasteiger partial charge in [0, 0.05) is 13.1 Å². The molecule has 0 saturated heterocycles. The molecule has 0 spiro atoms. The lowest BCUT2D eigenvalue weighted by atomic mass is 10.2. The topological polar surface area (TPSA) is 56.1 Å². The van der Waals surface area contributed by atoms with Gasteiger partial charge in [0.2, 0.25) is 5.88 Å². The van der Waals surface area contributed by atoms with Crippen LogP contribution in [0.2, 0.25) is 0 Å². The van der Waals surface area contributed by atoms with Crippen molar-refractivity contribution in [3.05, 3.63) is 29.5 Å². The number of aromatic nitrogens is 2. The SMILES string of the molecule is CCc1cc2c(C(=O)N(C)OC)ccc(OC)n2n1. The lowest BCUT2D eigenvalue weighted by Gasteiger charge is -2.14. The minimum Gasteiger partial charge on any atom is -0.481 e. The second kappa shape index (κ2) is 5.27. The molecule has 0 radical (unpaired) electrons. The third-order valence-corrected chi connectivity index (χ3v) is 3.00. The third kappa shape index (κ3) is 2.26. The van der Waals surface area contributed by atoms with Crippen LogP contribution in [-0.4, -0.2) is 41.9 Å². The van der Waals surface area contributed by atoms with Crippen molar-refractivity contribution in [2.24, 2.45) is 0 Å². The Labute approximate surface area is 111 Å². The summed E-state index contributed by atoms with van der Waals surface area (Å²) in [6, 6.07) is 5.32. The number of pyridine rings is 1. The van der Waals surface area contributed by atoms with Crippen molar-refractivity contribution in [1.82, 2.24) is 14.7 Å². The van der Waals surface area contributed by atoms with Gasteiger partial charge in [0.1, 0.15) is 0 Å². The van der Waals surface area contributed by atoms with Crippen molar-refractivity contribution >= 4 is 11.4 Å². The molecule has 2 aromatic heterocycles. The van der Waals surface area contributed by atoms with Crippen LogP contribution in [0.5, 0.6) is 5.88 Å². The summed E-state index contributed by atoms with van der Waals surface area (Å²) in [6.45, 7) is 2.01. The molecule has 6 nitrogen and oxygen atoms in total. The average Bonchev–Trinajstić information content (AvgIpc) is 2.88. The molecule has 0 aliphatic rings. The summed E-state index contributed by atoms with van der Waals surface area (Å²) in [6.07, 6.45) is 0.790. The molecule has 0 fully saturated rings. The highest BCUT2D eigenvalue weighted by molar-refractivity contribution is 6.00. The van der Waals surface area contributed by atoms with Gasteiger partial charge in [0.25, 0.3) is 5.91 Å². The Bertz CT molecular complexity index is 606. The van der Waals surface area contributed by atoms with Gasteiger partial charge >= 0.3 is 0 Å². The first kappa shape index (κ1) is 13.4. The molecule has 1 amide bonds. The minimum absolute atomic E-state index is 0.224. The number of ether oxygens (including phenoxy) is 1. The Morgan fingerprint density at radius 1 is 1.42 bits per heavy atom. The molecular formula is C13H17N3O3. The maximum atomic E-state index is 12.2. The van der Waals surface area contributed by atoms with E-state index in [1.54, 1.807) is 30.8 Å². The van der Waals surface area contributed by atoms with Crippen molar-refractivity contribution in [1.29, 1.82) is 0 Å². The molecule has 6 heteroatoms. The van der Waals surface area contributed by atoms with E-state index in [4.69, 9.17) is 9.57 Å². The highest BCUT2D eigenvalue weighted by atomic mass is 16.7. The fourth-order valence-corrected chi connectivity index (χ4v) is 1.86. The van der Waals surface area contributed by atoms with E-state index in [9.17, 15) is 4.79 Å². The van der Waals surface area contributed by atoms with E-state index in [2.05, 4.69) is 5.10 Å². The van der Waals surface area contributed by atoms with Crippen LogP contribution in [0.1, 0.15) is 23.0 Å². The summed E-state index contributed by atoms with van der Waals surface area (Å²) in [5.74, 6) is 0.365. The molecule has 102 valence electrons. The molecule has 0 atom stereocenters. The Morgan fingerprint density at radius 3 is 2.74 bits per heavy atom. The number of fused-ring (bicyclic) bond motifs is 1. The molecule has 19 heavy (non-hydrogen) atoms. The number of rotatable bonds is 4. The predicted molar refractivity (Wildman–Crippen MR) is 70.2 cm³/mol. The van der Waals surface area contributed by atoms with Crippen LogP contribution in [0.15, 0.2) is 18.2 Å². The molecule has 0 aliphatic heterocycles. The molecule has 0 aliphatic carbocycles. The fraction of sp³-hybridized carbons (Fsp3) is 0.385. The lowest BCUT2D eigenvalue weighted by Crippen LogP contribution is -2.25. The van der Waals surface area contributed by atoms with E-state index in [0.717, 1.165) is 12.1 Å². The predicted octanol–water partition coefficient (Wildman–Crippen LogP) is 1.54. The second-order valence-corrected chi connectivity index (χ2v) is 4.06. The van der Waals surface area contributed by atoms with E-state index in [1.165, 1.54) is 12.2 Å². The van der Waals surface area contributed by atoms with Gasteiger partial charge in [-0.15, -0.1) is 0 Å². The Hall–Kier alpha value is -2.08. The monoisotopic (exact) mass is 263 g/mol. The normalized spacial score (nSPS) is 10.7. The number of nitrogens with zero attached hydrogens (tertiary/aromatic N) is 3. The quantitative estimate of drug-likeness (QED) is 0.785. The summed E-state index contributed by atoms with van der Waals surface area (Å²) >= 11 is 0. The summed E-state index contributed by atoms with van der Waals surface area (Å²) in [4.78, 5) is 17.1. The minimum atomic E-state index is -0.224. The van der Waals surface area contributed by atoms with Gasteiger partial charge in [-0.1, -0.05) is 6.92 Å². The molecule has 2 aromatic rings. The molecule has 0 N–H and O–H groups in total. The van der Waals surface area contributed by atoms with E-state index < -0.39 is 0 Å². The molecule has 0 aromatic carbocycles. The summed E-state index contributed by atoms with van der Waals surface area (Å²) in [5.41, 5.74) is 2.14. The van der Waals surface area contributed by atoms with Gasteiger partial charge in [-0.25, -0.2) is 9.58 Å². The zero-order chi connectivity index (χ0) is 14.0. The van der Waals surface area contributed by atoms with E-state index in [0.29, 0.717) is 17.0 Å². The van der Waals surface area contributed by atoms with Gasteiger partial charge in [0.15, 0.2) is 0 Å². The summed E-state index contributed by atoms with van der Waals surface area (Å²) in [7, 11) is 4.59. The third-order valence-electron chi connectivity index (χ3n) is 3.00. The van der Waals surface area contributed by atoms with Gasteiger partial charge < -0.3 is 4.74 Å². The molecule has 0 bridgehead atoms. The number of methoxy groups -OCH3 is 1. The van der Waals surface area contributed by atoms with Crippen molar-refractivity contribution in [3.8, 4) is 5.88 Å². The Morgan fingerprint density at radius 2 is 2.16 bits per heavy atom. The number of amides is 1. The van der Waals surface area contributed by atoms with Crippen LogP contribution >= 0.6 is 0 Å². The van der Waals surface area contributed by atoms with E-state index in [-0.39, 0.29) is 5.91 Å². The first-order valence-electron chi connectivity index (χ1n) is 6.00. The molecule has 0 saturated carbocycles. The van der Waals surface area contributed by atoms with Crippen LogP contribution in [0.4, 0.5) is 0 Å².